The van der Waals surface area contributed by atoms with Crippen LogP contribution in [0.2, 0.25) is 0 Å². The summed E-state index contributed by atoms with van der Waals surface area (Å²) in [6, 6.07) is 0. The Morgan fingerprint density at radius 1 is 1.14 bits per heavy atom. The second kappa shape index (κ2) is 4.44. The second-order valence-electron chi connectivity index (χ2n) is 4.80. The van der Waals surface area contributed by atoms with Gasteiger partial charge in [-0.3, -0.25) is 0 Å². The fourth-order valence-electron chi connectivity index (χ4n) is 1.29. The smallest absolute Gasteiger partial charge is 0.0451 e. The fourth-order valence-corrected chi connectivity index (χ4v) is 1.29. The molecule has 2 unspecified atom stereocenters. The molecule has 82 valence electrons. The quantitative estimate of drug-likeness (QED) is 0.593. The van der Waals surface area contributed by atoms with E-state index >= 15 is 0 Å². The average molecular weight is 200 g/mol. The lowest BCUT2D eigenvalue weighted by molar-refractivity contribution is -0.326. The Morgan fingerprint density at radius 3 is 1.79 bits per heavy atom. The molecule has 0 N–H and O–H groups in total. The van der Waals surface area contributed by atoms with Gasteiger partial charge < -0.3 is 19.8 Å². The molecule has 2 atom stereocenters. The van der Waals surface area contributed by atoms with Crippen LogP contribution >= 0.6 is 0 Å². The highest BCUT2D eigenvalue weighted by Gasteiger charge is 2.25. The molecule has 0 aromatic carbocycles. The van der Waals surface area contributed by atoms with Gasteiger partial charge in [-0.2, -0.15) is 0 Å². The number of carboxylic acids is 2. The number of carboxylic acid groups (broad SMARTS) is 2. The van der Waals surface area contributed by atoms with Gasteiger partial charge in [-0.05, 0) is 11.8 Å². The molecule has 4 heteroatoms. The predicted molar refractivity (Wildman–Crippen MR) is 46.7 cm³/mol. The summed E-state index contributed by atoms with van der Waals surface area (Å²) >= 11 is 0. The van der Waals surface area contributed by atoms with Crippen molar-refractivity contribution < 1.29 is 19.8 Å². The van der Waals surface area contributed by atoms with Crippen LogP contribution in [0.25, 0.3) is 0 Å². The van der Waals surface area contributed by atoms with Gasteiger partial charge in [-0.15, -0.1) is 0 Å². The van der Waals surface area contributed by atoms with Gasteiger partial charge in [0, 0.05) is 23.8 Å². The minimum atomic E-state index is -1.34. The highest BCUT2D eigenvalue weighted by molar-refractivity contribution is 5.77. The minimum absolute atomic E-state index is 0.242. The van der Waals surface area contributed by atoms with E-state index in [1.165, 1.54) is 6.92 Å². The summed E-state index contributed by atoms with van der Waals surface area (Å²) in [6.07, 6.45) is 0.268. The highest BCUT2D eigenvalue weighted by atomic mass is 16.4. The lowest BCUT2D eigenvalue weighted by atomic mass is 9.79. The van der Waals surface area contributed by atoms with Crippen LogP contribution in [0, 0.1) is 17.3 Å². The molecule has 0 aliphatic heterocycles. The minimum Gasteiger partial charge on any atom is -0.550 e. The van der Waals surface area contributed by atoms with Crippen LogP contribution in [-0.2, 0) is 9.59 Å². The zero-order chi connectivity index (χ0) is 11.5. The van der Waals surface area contributed by atoms with Crippen molar-refractivity contribution in [2.24, 2.45) is 17.3 Å². The molecule has 0 radical (unpaired) electrons. The van der Waals surface area contributed by atoms with Crippen LogP contribution < -0.4 is 10.2 Å². The maximum Gasteiger partial charge on any atom is 0.0451 e. The van der Waals surface area contributed by atoms with Crippen LogP contribution in [0.15, 0.2) is 0 Å². The van der Waals surface area contributed by atoms with Gasteiger partial charge in [0.1, 0.15) is 0 Å². The first-order chi connectivity index (χ1) is 6.15. The first kappa shape index (κ1) is 12.9. The zero-order valence-corrected chi connectivity index (χ0v) is 8.99. The van der Waals surface area contributed by atoms with E-state index in [1.54, 1.807) is 0 Å². The maximum atomic E-state index is 10.7. The number of carbonyl (C=O) groups excluding carboxylic acids is 2. The van der Waals surface area contributed by atoms with Gasteiger partial charge in [-0.25, -0.2) is 0 Å². The Hall–Kier alpha value is -1.06. The molecule has 0 bridgehead atoms. The van der Waals surface area contributed by atoms with Crippen LogP contribution in [0.5, 0.6) is 0 Å². The van der Waals surface area contributed by atoms with E-state index in [0.717, 1.165) is 0 Å². The van der Waals surface area contributed by atoms with Crippen molar-refractivity contribution in [1.29, 1.82) is 0 Å². The third-order valence-corrected chi connectivity index (χ3v) is 2.11. The summed E-state index contributed by atoms with van der Waals surface area (Å²) in [4.78, 5) is 21.2. The van der Waals surface area contributed by atoms with Crippen molar-refractivity contribution in [3.63, 3.8) is 0 Å². The summed E-state index contributed by atoms with van der Waals surface area (Å²) < 4.78 is 0. The molecule has 0 saturated heterocycles. The van der Waals surface area contributed by atoms with Crippen molar-refractivity contribution >= 4 is 11.9 Å². The normalized spacial score (nSPS) is 16.0. The van der Waals surface area contributed by atoms with Crippen LogP contribution in [0.4, 0.5) is 0 Å². The van der Waals surface area contributed by atoms with Crippen molar-refractivity contribution in [2.75, 3.05) is 0 Å². The van der Waals surface area contributed by atoms with Crippen LogP contribution in [0.1, 0.15) is 34.1 Å². The van der Waals surface area contributed by atoms with Gasteiger partial charge >= 0.3 is 0 Å². The first-order valence-electron chi connectivity index (χ1n) is 4.57. The number of aliphatic carboxylic acids is 2. The van der Waals surface area contributed by atoms with Gasteiger partial charge in [0.05, 0.1) is 0 Å². The average Bonchev–Trinajstić information content (AvgIpc) is 1.96. The number of hydrogen-bond donors (Lipinski definition) is 0. The van der Waals surface area contributed by atoms with Crippen LogP contribution in [-0.4, -0.2) is 11.9 Å². The second-order valence-corrected chi connectivity index (χ2v) is 4.80. The molecule has 14 heavy (non-hydrogen) atoms. The predicted octanol–water partition coefficient (Wildman–Crippen LogP) is -0.825. The third-order valence-electron chi connectivity index (χ3n) is 2.11. The molecule has 0 aliphatic rings. The molecule has 0 aromatic rings. The fraction of sp³-hybridized carbons (Fsp3) is 0.800. The molecule has 0 rings (SSSR count). The summed E-state index contributed by atoms with van der Waals surface area (Å²) in [5.74, 6) is -4.67. The zero-order valence-electron chi connectivity index (χ0n) is 8.99. The molecule has 0 fully saturated rings. The van der Waals surface area contributed by atoms with Gasteiger partial charge in [-0.1, -0.05) is 27.7 Å². The number of rotatable bonds is 4. The Bertz CT molecular complexity index is 227. The van der Waals surface area contributed by atoms with Gasteiger partial charge in [0.25, 0.3) is 0 Å². The molecule has 0 amide bonds. The highest BCUT2D eigenvalue weighted by Crippen LogP contribution is 2.28. The van der Waals surface area contributed by atoms with E-state index in [1.807, 2.05) is 20.8 Å². The van der Waals surface area contributed by atoms with Crippen molar-refractivity contribution in [3.8, 4) is 0 Å². The summed E-state index contributed by atoms with van der Waals surface area (Å²) in [7, 11) is 0. The van der Waals surface area contributed by atoms with E-state index in [-0.39, 0.29) is 11.8 Å². The Morgan fingerprint density at radius 2 is 1.57 bits per heavy atom. The van der Waals surface area contributed by atoms with Crippen molar-refractivity contribution in [3.05, 3.63) is 0 Å². The van der Waals surface area contributed by atoms with E-state index < -0.39 is 23.8 Å². The molecule has 0 aliphatic carbocycles. The van der Waals surface area contributed by atoms with Crippen LogP contribution in [0.3, 0.4) is 0 Å². The third kappa shape index (κ3) is 4.25. The molecule has 0 saturated carbocycles. The lowest BCUT2D eigenvalue weighted by Crippen LogP contribution is -2.44. The Balaban J connectivity index is 4.62. The maximum absolute atomic E-state index is 10.7. The number of hydrogen-bond acceptors (Lipinski definition) is 4. The van der Waals surface area contributed by atoms with Gasteiger partial charge in [0.2, 0.25) is 0 Å². The molecule has 0 heterocycles. The SMILES string of the molecule is CC(C(=O)[O-])C(CC(C)(C)C)C(=O)[O-]. The van der Waals surface area contributed by atoms with E-state index in [9.17, 15) is 19.8 Å². The Labute approximate surface area is 83.9 Å². The largest absolute Gasteiger partial charge is 0.550 e. The van der Waals surface area contributed by atoms with Gasteiger partial charge in [0.15, 0.2) is 0 Å². The molecule has 0 aromatic heterocycles. The standard InChI is InChI=1S/C10H18O4/c1-6(8(11)12)7(9(13)14)5-10(2,3)4/h6-7H,5H2,1-4H3,(H,11,12)(H,13,14)/p-2. The molecule has 4 nitrogen and oxygen atoms in total. The topological polar surface area (TPSA) is 80.3 Å². The molecular weight excluding hydrogens is 184 g/mol. The number of carbonyl (C=O) groups is 2. The van der Waals surface area contributed by atoms with E-state index in [4.69, 9.17) is 0 Å². The van der Waals surface area contributed by atoms with Crippen molar-refractivity contribution in [1.82, 2.24) is 0 Å². The van der Waals surface area contributed by atoms with E-state index in [0.29, 0.717) is 0 Å². The van der Waals surface area contributed by atoms with E-state index in [2.05, 4.69) is 0 Å². The lowest BCUT2D eigenvalue weighted by Gasteiger charge is -2.31. The summed E-state index contributed by atoms with van der Waals surface area (Å²) in [5, 5.41) is 21.2. The first-order valence-corrected chi connectivity index (χ1v) is 4.57. The summed E-state index contributed by atoms with van der Waals surface area (Å²) in [5.41, 5.74) is -0.242. The van der Waals surface area contributed by atoms with Crippen molar-refractivity contribution in [2.45, 2.75) is 34.1 Å². The Kier molecular flexibility index (Phi) is 4.10. The summed E-state index contributed by atoms with van der Waals surface area (Å²) in [6.45, 7) is 6.89. The monoisotopic (exact) mass is 200 g/mol. The molecular formula is C10H16O4-2. The molecule has 0 spiro atoms.